The van der Waals surface area contributed by atoms with E-state index >= 15 is 0 Å². The standard InChI is InChI=1S/C22H34O2/c1-14(13-23)18-6-7-19-17-5-4-15-12-16(24)8-10-21(15,2)20(17)9-11-22(18,19)3/h12,14,17-20,23H,4-11,13H2,1-3H3/t14?,17?,18?,19?,20?,21?,22-/m1/s1. The molecule has 0 saturated heterocycles. The summed E-state index contributed by atoms with van der Waals surface area (Å²) in [5.41, 5.74) is 2.20. The van der Waals surface area contributed by atoms with Gasteiger partial charge in [-0.05, 0) is 91.4 Å². The molecule has 0 aromatic heterocycles. The Bertz CT molecular complexity index is 564. The molecule has 4 aliphatic rings. The van der Waals surface area contributed by atoms with E-state index in [0.717, 1.165) is 37.0 Å². The SMILES string of the molecule is CC(CO)C1CCC2C3CCC4=CC(=O)CCC4(C)C3CC[C@]12C. The molecular formula is C22H34O2. The Morgan fingerprint density at radius 1 is 1.12 bits per heavy atom. The zero-order chi connectivity index (χ0) is 17.1. The van der Waals surface area contributed by atoms with Crippen molar-refractivity contribution >= 4 is 5.78 Å². The van der Waals surface area contributed by atoms with Crippen LogP contribution in [-0.4, -0.2) is 17.5 Å². The number of aliphatic hydroxyl groups is 1. The third-order valence-electron chi connectivity index (χ3n) is 9.01. The number of allylic oxidation sites excluding steroid dienone is 1. The fourth-order valence-electron chi connectivity index (χ4n) is 7.66. The number of hydrogen-bond acceptors (Lipinski definition) is 2. The van der Waals surface area contributed by atoms with E-state index in [2.05, 4.69) is 20.8 Å². The van der Waals surface area contributed by atoms with E-state index in [1.54, 1.807) is 0 Å². The van der Waals surface area contributed by atoms with Gasteiger partial charge in [-0.25, -0.2) is 0 Å². The highest BCUT2D eigenvalue weighted by Crippen LogP contribution is 2.67. The molecule has 3 fully saturated rings. The van der Waals surface area contributed by atoms with Gasteiger partial charge in [0.2, 0.25) is 0 Å². The van der Waals surface area contributed by atoms with E-state index in [1.165, 1.54) is 37.7 Å². The highest BCUT2D eigenvalue weighted by Gasteiger charge is 2.59. The molecule has 0 aromatic carbocycles. The van der Waals surface area contributed by atoms with Gasteiger partial charge in [0.15, 0.2) is 5.78 Å². The zero-order valence-electron chi connectivity index (χ0n) is 15.7. The highest BCUT2D eigenvalue weighted by molar-refractivity contribution is 5.91. The molecule has 0 aromatic rings. The summed E-state index contributed by atoms with van der Waals surface area (Å²) in [5, 5.41) is 9.71. The molecular weight excluding hydrogens is 296 g/mol. The minimum Gasteiger partial charge on any atom is -0.396 e. The molecule has 0 heterocycles. The monoisotopic (exact) mass is 330 g/mol. The molecule has 2 heteroatoms. The van der Waals surface area contributed by atoms with E-state index in [4.69, 9.17) is 0 Å². The lowest BCUT2D eigenvalue weighted by Gasteiger charge is -2.58. The van der Waals surface area contributed by atoms with Crippen molar-refractivity contribution in [2.24, 2.45) is 40.4 Å². The molecule has 0 bridgehead atoms. The van der Waals surface area contributed by atoms with Crippen LogP contribution in [0.4, 0.5) is 0 Å². The maximum absolute atomic E-state index is 11.9. The van der Waals surface area contributed by atoms with E-state index in [-0.39, 0.29) is 0 Å². The number of ketones is 1. The molecule has 7 atom stereocenters. The summed E-state index contributed by atoms with van der Waals surface area (Å²) in [4.78, 5) is 11.9. The van der Waals surface area contributed by atoms with Gasteiger partial charge in [-0.15, -0.1) is 0 Å². The second-order valence-electron chi connectivity index (χ2n) is 9.86. The van der Waals surface area contributed by atoms with Crippen molar-refractivity contribution in [2.45, 2.75) is 72.1 Å². The van der Waals surface area contributed by atoms with Crippen LogP contribution in [0.1, 0.15) is 72.1 Å². The quantitative estimate of drug-likeness (QED) is 0.792. The van der Waals surface area contributed by atoms with Gasteiger partial charge in [-0.2, -0.15) is 0 Å². The molecule has 2 nitrogen and oxygen atoms in total. The van der Waals surface area contributed by atoms with Gasteiger partial charge >= 0.3 is 0 Å². The summed E-state index contributed by atoms with van der Waals surface area (Å²) >= 11 is 0. The van der Waals surface area contributed by atoms with E-state index in [9.17, 15) is 9.90 Å². The van der Waals surface area contributed by atoms with Gasteiger partial charge in [-0.1, -0.05) is 26.3 Å². The van der Waals surface area contributed by atoms with Crippen LogP contribution >= 0.6 is 0 Å². The van der Waals surface area contributed by atoms with Crippen LogP contribution in [0.25, 0.3) is 0 Å². The second-order valence-corrected chi connectivity index (χ2v) is 9.86. The molecule has 0 aliphatic heterocycles. The molecule has 134 valence electrons. The summed E-state index contributed by atoms with van der Waals surface area (Å²) in [7, 11) is 0. The van der Waals surface area contributed by atoms with Crippen LogP contribution in [0.2, 0.25) is 0 Å². The number of rotatable bonds is 2. The number of fused-ring (bicyclic) bond motifs is 5. The van der Waals surface area contributed by atoms with Crippen LogP contribution in [-0.2, 0) is 4.79 Å². The molecule has 0 spiro atoms. The highest BCUT2D eigenvalue weighted by atomic mass is 16.3. The average molecular weight is 331 g/mol. The maximum Gasteiger partial charge on any atom is 0.155 e. The Balaban J connectivity index is 1.63. The van der Waals surface area contributed by atoms with Crippen molar-refractivity contribution in [3.8, 4) is 0 Å². The Morgan fingerprint density at radius 3 is 2.67 bits per heavy atom. The van der Waals surface area contributed by atoms with Gasteiger partial charge < -0.3 is 5.11 Å². The molecule has 0 radical (unpaired) electrons. The Morgan fingerprint density at radius 2 is 1.92 bits per heavy atom. The normalized spacial score (nSPS) is 49.0. The lowest BCUT2D eigenvalue weighted by Crippen LogP contribution is -2.51. The molecule has 4 aliphatic carbocycles. The van der Waals surface area contributed by atoms with Crippen LogP contribution in [0.5, 0.6) is 0 Å². The van der Waals surface area contributed by atoms with E-state index in [0.29, 0.717) is 35.1 Å². The summed E-state index contributed by atoms with van der Waals surface area (Å²) in [6, 6.07) is 0. The van der Waals surface area contributed by atoms with Crippen LogP contribution in [0, 0.1) is 40.4 Å². The lowest BCUT2D eigenvalue weighted by molar-refractivity contribution is -0.117. The summed E-state index contributed by atoms with van der Waals surface area (Å²) in [5.74, 6) is 3.97. The summed E-state index contributed by atoms with van der Waals surface area (Å²) in [6.45, 7) is 7.59. The first-order chi connectivity index (χ1) is 11.4. The van der Waals surface area contributed by atoms with Crippen molar-refractivity contribution in [3.05, 3.63) is 11.6 Å². The molecule has 1 N–H and O–H groups in total. The minimum absolute atomic E-state index is 0.291. The smallest absolute Gasteiger partial charge is 0.155 e. The number of carbonyl (C=O) groups is 1. The maximum atomic E-state index is 11.9. The van der Waals surface area contributed by atoms with Crippen LogP contribution < -0.4 is 0 Å². The van der Waals surface area contributed by atoms with Gasteiger partial charge in [-0.3, -0.25) is 4.79 Å². The van der Waals surface area contributed by atoms with Gasteiger partial charge in [0, 0.05) is 13.0 Å². The number of hydrogen-bond donors (Lipinski definition) is 1. The van der Waals surface area contributed by atoms with E-state index < -0.39 is 0 Å². The Labute approximate surface area is 147 Å². The third kappa shape index (κ3) is 2.21. The first-order valence-electron chi connectivity index (χ1n) is 10.2. The van der Waals surface area contributed by atoms with E-state index in [1.807, 2.05) is 6.08 Å². The molecule has 6 unspecified atom stereocenters. The predicted molar refractivity (Wildman–Crippen MR) is 96.4 cm³/mol. The second kappa shape index (κ2) is 5.69. The Kier molecular flexibility index (Phi) is 3.99. The van der Waals surface area contributed by atoms with Crippen molar-refractivity contribution < 1.29 is 9.90 Å². The van der Waals surface area contributed by atoms with Crippen molar-refractivity contribution in [3.63, 3.8) is 0 Å². The summed E-state index contributed by atoms with van der Waals surface area (Å²) < 4.78 is 0. The van der Waals surface area contributed by atoms with Crippen LogP contribution in [0.15, 0.2) is 11.6 Å². The van der Waals surface area contributed by atoms with Gasteiger partial charge in [0.05, 0.1) is 0 Å². The fourth-order valence-corrected chi connectivity index (χ4v) is 7.66. The first kappa shape index (κ1) is 16.8. The van der Waals surface area contributed by atoms with Crippen molar-refractivity contribution in [1.82, 2.24) is 0 Å². The largest absolute Gasteiger partial charge is 0.396 e. The molecule has 24 heavy (non-hydrogen) atoms. The lowest BCUT2D eigenvalue weighted by atomic mass is 9.46. The minimum atomic E-state index is 0.291. The zero-order valence-corrected chi connectivity index (χ0v) is 15.7. The molecule has 0 amide bonds. The fraction of sp³-hybridized carbons (Fsp3) is 0.864. The first-order valence-corrected chi connectivity index (χ1v) is 10.2. The number of carbonyl (C=O) groups excluding carboxylic acids is 1. The Hall–Kier alpha value is -0.630. The van der Waals surface area contributed by atoms with Crippen molar-refractivity contribution in [2.75, 3.05) is 6.61 Å². The third-order valence-corrected chi connectivity index (χ3v) is 9.01. The average Bonchev–Trinajstić information content (AvgIpc) is 2.92. The van der Waals surface area contributed by atoms with Gasteiger partial charge in [0.25, 0.3) is 0 Å². The van der Waals surface area contributed by atoms with Gasteiger partial charge in [0.1, 0.15) is 0 Å². The van der Waals surface area contributed by atoms with Crippen molar-refractivity contribution in [1.29, 1.82) is 0 Å². The topological polar surface area (TPSA) is 37.3 Å². The molecule has 4 rings (SSSR count). The molecule has 3 saturated carbocycles. The number of aliphatic hydroxyl groups excluding tert-OH is 1. The summed E-state index contributed by atoms with van der Waals surface area (Å²) in [6.07, 6.45) is 11.6. The van der Waals surface area contributed by atoms with Crippen LogP contribution in [0.3, 0.4) is 0 Å². The predicted octanol–water partition coefficient (Wildman–Crippen LogP) is 4.76.